The normalized spacial score (nSPS) is 15.2. The van der Waals surface area contributed by atoms with Gasteiger partial charge >= 0.3 is 0 Å². The fourth-order valence-corrected chi connectivity index (χ4v) is 1.24. The minimum absolute atomic E-state index is 0.0626. The van der Waals surface area contributed by atoms with Gasteiger partial charge in [-0.25, -0.2) is 8.93 Å². The maximum Gasteiger partial charge on any atom is 0.231 e. The lowest BCUT2D eigenvalue weighted by Gasteiger charge is -2.09. The van der Waals surface area contributed by atoms with Crippen molar-refractivity contribution in [3.8, 4) is 0 Å². The van der Waals surface area contributed by atoms with Crippen LogP contribution in [0.15, 0.2) is 30.3 Å². The molecule has 0 saturated carbocycles. The Balaban J connectivity index is 2.49. The van der Waals surface area contributed by atoms with E-state index in [0.717, 1.165) is 5.56 Å². The lowest BCUT2D eigenvalue weighted by molar-refractivity contribution is 0.182. The van der Waals surface area contributed by atoms with Gasteiger partial charge in [0, 0.05) is 6.54 Å². The second kappa shape index (κ2) is 5.08. The molecule has 0 radical (unpaired) electrons. The van der Waals surface area contributed by atoms with Crippen molar-refractivity contribution in [2.45, 2.75) is 6.10 Å². The van der Waals surface area contributed by atoms with Crippen LogP contribution in [0.5, 0.6) is 0 Å². The molecule has 0 spiro atoms. The van der Waals surface area contributed by atoms with Gasteiger partial charge in [-0.15, -0.1) is 0 Å². The largest absolute Gasteiger partial charge is 0.387 e. The van der Waals surface area contributed by atoms with E-state index in [1.807, 2.05) is 6.07 Å². The molecule has 0 bridgehead atoms. The molecule has 0 heterocycles. The van der Waals surface area contributed by atoms with Gasteiger partial charge in [-0.3, -0.25) is 4.55 Å². The van der Waals surface area contributed by atoms with Crippen LogP contribution >= 0.6 is 0 Å². The Morgan fingerprint density at radius 1 is 1.38 bits per heavy atom. The van der Waals surface area contributed by atoms with Crippen LogP contribution in [0.3, 0.4) is 0 Å². The number of nitrogens with one attached hydrogen (secondary N) is 1. The number of aliphatic hydroxyl groups excluding tert-OH is 1. The number of aliphatic hydroxyl groups is 1. The van der Waals surface area contributed by atoms with Crippen LogP contribution in [0, 0.1) is 0 Å². The van der Waals surface area contributed by atoms with Crippen LogP contribution in [0.2, 0.25) is 0 Å². The maximum absolute atomic E-state index is 10.2. The molecule has 1 aromatic rings. The molecule has 2 atom stereocenters. The van der Waals surface area contributed by atoms with Gasteiger partial charge in [-0.1, -0.05) is 30.3 Å². The molecule has 5 heteroatoms. The molecule has 0 fully saturated rings. The summed E-state index contributed by atoms with van der Waals surface area (Å²) in [5.74, 6) is 0. The lowest BCUT2D eigenvalue weighted by Crippen LogP contribution is -2.22. The van der Waals surface area contributed by atoms with Crippen molar-refractivity contribution in [1.82, 2.24) is 4.72 Å². The second-order valence-electron chi connectivity index (χ2n) is 2.52. The van der Waals surface area contributed by atoms with Crippen LogP contribution < -0.4 is 4.72 Å². The van der Waals surface area contributed by atoms with Crippen molar-refractivity contribution in [3.63, 3.8) is 0 Å². The zero-order valence-electron chi connectivity index (χ0n) is 6.88. The first-order chi connectivity index (χ1) is 6.20. The quantitative estimate of drug-likeness (QED) is 0.619. The first-order valence-corrected chi connectivity index (χ1v) is 4.88. The van der Waals surface area contributed by atoms with Crippen molar-refractivity contribution in [2.75, 3.05) is 6.54 Å². The van der Waals surface area contributed by atoms with E-state index < -0.39 is 17.4 Å². The molecule has 3 N–H and O–H groups in total. The molecule has 0 saturated heterocycles. The van der Waals surface area contributed by atoms with Crippen LogP contribution in [0.1, 0.15) is 11.7 Å². The zero-order valence-corrected chi connectivity index (χ0v) is 7.70. The lowest BCUT2D eigenvalue weighted by atomic mass is 10.1. The molecule has 0 aliphatic rings. The summed E-state index contributed by atoms with van der Waals surface area (Å²) >= 11 is -2.07. The third kappa shape index (κ3) is 3.65. The van der Waals surface area contributed by atoms with Crippen molar-refractivity contribution in [2.24, 2.45) is 0 Å². The van der Waals surface area contributed by atoms with Crippen LogP contribution in [0.25, 0.3) is 0 Å². The van der Waals surface area contributed by atoms with E-state index in [4.69, 9.17) is 4.55 Å². The van der Waals surface area contributed by atoms with Gasteiger partial charge in [0.15, 0.2) is 0 Å². The van der Waals surface area contributed by atoms with E-state index in [1.54, 1.807) is 24.3 Å². The number of rotatable bonds is 4. The second-order valence-corrected chi connectivity index (χ2v) is 3.31. The molecule has 2 unspecified atom stereocenters. The minimum atomic E-state index is -2.07. The fraction of sp³-hybridized carbons (Fsp3) is 0.250. The smallest absolute Gasteiger partial charge is 0.231 e. The van der Waals surface area contributed by atoms with Crippen LogP contribution in [0.4, 0.5) is 0 Å². The Morgan fingerprint density at radius 2 is 2.00 bits per heavy atom. The van der Waals surface area contributed by atoms with Gasteiger partial charge < -0.3 is 5.11 Å². The highest BCUT2D eigenvalue weighted by Crippen LogP contribution is 2.10. The summed E-state index contributed by atoms with van der Waals surface area (Å²) in [5.41, 5.74) is 0.723. The summed E-state index contributed by atoms with van der Waals surface area (Å²) in [5, 5.41) is 9.46. The van der Waals surface area contributed by atoms with Crippen molar-refractivity contribution < 1.29 is 13.9 Å². The van der Waals surface area contributed by atoms with Gasteiger partial charge in [0.25, 0.3) is 0 Å². The summed E-state index contributed by atoms with van der Waals surface area (Å²) < 4.78 is 20.8. The first-order valence-electron chi connectivity index (χ1n) is 3.77. The Bertz CT molecular complexity index is 278. The predicted molar refractivity (Wildman–Crippen MR) is 50.2 cm³/mol. The van der Waals surface area contributed by atoms with E-state index in [-0.39, 0.29) is 6.54 Å². The number of hydrogen-bond acceptors (Lipinski definition) is 2. The molecule has 1 aromatic carbocycles. The molecule has 0 amide bonds. The molecule has 0 aliphatic heterocycles. The molecular weight excluding hydrogens is 190 g/mol. The average molecular weight is 201 g/mol. The highest BCUT2D eigenvalue weighted by atomic mass is 32.2. The topological polar surface area (TPSA) is 69.6 Å². The molecule has 4 nitrogen and oxygen atoms in total. The molecule has 0 aliphatic carbocycles. The van der Waals surface area contributed by atoms with Crippen molar-refractivity contribution >= 4 is 11.3 Å². The van der Waals surface area contributed by atoms with Gasteiger partial charge in [0.05, 0.1) is 6.10 Å². The van der Waals surface area contributed by atoms with Crippen molar-refractivity contribution in [1.29, 1.82) is 0 Å². The Kier molecular flexibility index (Phi) is 4.04. The minimum Gasteiger partial charge on any atom is -0.387 e. The molecule has 0 aromatic heterocycles. The summed E-state index contributed by atoms with van der Waals surface area (Å²) in [4.78, 5) is 0. The molecule has 72 valence electrons. The van der Waals surface area contributed by atoms with E-state index >= 15 is 0 Å². The number of hydrogen-bond donors (Lipinski definition) is 3. The van der Waals surface area contributed by atoms with Gasteiger partial charge in [0.2, 0.25) is 11.3 Å². The van der Waals surface area contributed by atoms with Gasteiger partial charge in [-0.2, -0.15) is 0 Å². The number of benzene rings is 1. The zero-order chi connectivity index (χ0) is 9.68. The van der Waals surface area contributed by atoms with Gasteiger partial charge in [0.1, 0.15) is 0 Å². The van der Waals surface area contributed by atoms with E-state index in [0.29, 0.717) is 0 Å². The monoisotopic (exact) mass is 201 g/mol. The summed E-state index contributed by atoms with van der Waals surface area (Å²) in [7, 11) is 0. The first kappa shape index (κ1) is 10.3. The standard InChI is InChI=1S/C8H11NO3S/c10-8(6-9-13(11)12)7-4-2-1-3-5-7/h1-5,8-10H,6H2,(H,11,12). The maximum atomic E-state index is 10.2. The Morgan fingerprint density at radius 3 is 2.54 bits per heavy atom. The van der Waals surface area contributed by atoms with Crippen LogP contribution in [-0.2, 0) is 11.3 Å². The highest BCUT2D eigenvalue weighted by Gasteiger charge is 2.06. The summed E-state index contributed by atoms with van der Waals surface area (Å²) in [6.07, 6.45) is -0.753. The predicted octanol–water partition coefficient (Wildman–Crippen LogP) is 0.446. The highest BCUT2D eigenvalue weighted by molar-refractivity contribution is 7.77. The SMILES string of the molecule is O=S(O)NCC(O)c1ccccc1. The average Bonchev–Trinajstić information content (AvgIpc) is 2.15. The van der Waals surface area contributed by atoms with E-state index in [2.05, 4.69) is 4.72 Å². The van der Waals surface area contributed by atoms with Gasteiger partial charge in [-0.05, 0) is 5.56 Å². The summed E-state index contributed by atoms with van der Waals surface area (Å²) in [6, 6.07) is 8.95. The third-order valence-corrected chi connectivity index (χ3v) is 2.00. The molecule has 1 rings (SSSR count). The molecular formula is C8H11NO3S. The third-order valence-electron chi connectivity index (χ3n) is 1.58. The van der Waals surface area contributed by atoms with Crippen molar-refractivity contribution in [3.05, 3.63) is 35.9 Å². The fourth-order valence-electron chi connectivity index (χ4n) is 0.943. The van der Waals surface area contributed by atoms with E-state index in [9.17, 15) is 9.32 Å². The van der Waals surface area contributed by atoms with E-state index in [1.165, 1.54) is 0 Å². The Hall–Kier alpha value is -0.750. The summed E-state index contributed by atoms with van der Waals surface area (Å²) in [6.45, 7) is 0.0626. The Labute approximate surface area is 79.0 Å². The van der Waals surface area contributed by atoms with Crippen LogP contribution in [-0.4, -0.2) is 20.4 Å². The molecule has 13 heavy (non-hydrogen) atoms.